The lowest BCUT2D eigenvalue weighted by Crippen LogP contribution is -2.38. The number of ether oxygens (including phenoxy) is 1. The maximum absolute atomic E-state index is 12.8. The highest BCUT2D eigenvalue weighted by Gasteiger charge is 2.30. The second kappa shape index (κ2) is 7.35. The Balaban J connectivity index is 1.44. The Hall–Kier alpha value is -3.34. The molecule has 5 heteroatoms. The van der Waals surface area contributed by atoms with Crippen LogP contribution in [-0.2, 0) is 11.3 Å². The van der Waals surface area contributed by atoms with Crippen LogP contribution in [0.25, 0.3) is 10.8 Å². The molecule has 142 valence electrons. The van der Waals surface area contributed by atoms with E-state index in [2.05, 4.69) is 5.32 Å². The molecule has 1 heterocycles. The molecule has 28 heavy (non-hydrogen) atoms. The number of nitrogens with zero attached hydrogens (tertiary/aromatic N) is 1. The van der Waals surface area contributed by atoms with Crippen LogP contribution in [0.15, 0.2) is 60.7 Å². The molecule has 0 aromatic heterocycles. The first-order valence-corrected chi connectivity index (χ1v) is 9.39. The Morgan fingerprint density at radius 1 is 1.07 bits per heavy atom. The van der Waals surface area contributed by atoms with Gasteiger partial charge >= 0.3 is 0 Å². The molecule has 0 saturated carbocycles. The number of benzene rings is 3. The van der Waals surface area contributed by atoms with Gasteiger partial charge < -0.3 is 10.1 Å². The van der Waals surface area contributed by atoms with Crippen LogP contribution in [0.3, 0.4) is 0 Å². The van der Waals surface area contributed by atoms with Crippen molar-refractivity contribution < 1.29 is 14.3 Å². The first kappa shape index (κ1) is 18.0. The molecule has 0 radical (unpaired) electrons. The van der Waals surface area contributed by atoms with E-state index in [1.165, 1.54) is 0 Å². The van der Waals surface area contributed by atoms with Crippen molar-refractivity contribution >= 4 is 28.3 Å². The van der Waals surface area contributed by atoms with Gasteiger partial charge in [-0.3, -0.25) is 14.5 Å². The summed E-state index contributed by atoms with van der Waals surface area (Å²) in [5.41, 5.74) is 2.39. The van der Waals surface area contributed by atoms with Crippen LogP contribution < -0.4 is 15.0 Å². The van der Waals surface area contributed by atoms with Crippen molar-refractivity contribution in [2.45, 2.75) is 26.5 Å². The van der Waals surface area contributed by atoms with Crippen molar-refractivity contribution in [1.82, 2.24) is 5.32 Å². The second-order valence-corrected chi connectivity index (χ2v) is 7.16. The van der Waals surface area contributed by atoms with Crippen molar-refractivity contribution in [2.24, 2.45) is 0 Å². The predicted octanol–water partition coefficient (Wildman–Crippen LogP) is 3.90. The van der Waals surface area contributed by atoms with Crippen LogP contribution >= 0.6 is 0 Å². The van der Waals surface area contributed by atoms with Crippen molar-refractivity contribution in [3.8, 4) is 5.75 Å². The number of anilines is 1. The third kappa shape index (κ3) is 3.43. The lowest BCUT2D eigenvalue weighted by Gasteiger charge is -2.17. The van der Waals surface area contributed by atoms with Gasteiger partial charge in [0.2, 0.25) is 5.91 Å². The van der Waals surface area contributed by atoms with Gasteiger partial charge in [-0.2, -0.15) is 0 Å². The van der Waals surface area contributed by atoms with E-state index in [1.54, 1.807) is 4.90 Å². The maximum atomic E-state index is 12.8. The molecule has 4 rings (SSSR count). The number of hydrogen-bond acceptors (Lipinski definition) is 3. The summed E-state index contributed by atoms with van der Waals surface area (Å²) >= 11 is 0. The van der Waals surface area contributed by atoms with Crippen LogP contribution in [-0.4, -0.2) is 24.5 Å². The van der Waals surface area contributed by atoms with Gasteiger partial charge in [-0.1, -0.05) is 36.4 Å². The molecule has 0 saturated heterocycles. The first-order chi connectivity index (χ1) is 13.5. The van der Waals surface area contributed by atoms with Crippen LogP contribution in [0.5, 0.6) is 5.75 Å². The molecule has 0 spiro atoms. The number of rotatable bonds is 6. The molecule has 0 fully saturated rings. The van der Waals surface area contributed by atoms with E-state index in [-0.39, 0.29) is 24.5 Å². The van der Waals surface area contributed by atoms with E-state index >= 15 is 0 Å². The molecular formula is C23H22N2O3. The molecule has 3 aromatic carbocycles. The number of amides is 2. The average Bonchev–Trinajstić information content (AvgIpc) is 2.94. The number of nitrogens with one attached hydrogen (secondary N) is 1. The largest absolute Gasteiger partial charge is 0.491 e. The van der Waals surface area contributed by atoms with Crippen LogP contribution in [0.2, 0.25) is 0 Å². The predicted molar refractivity (Wildman–Crippen MR) is 110 cm³/mol. The third-order valence-corrected chi connectivity index (χ3v) is 4.71. The summed E-state index contributed by atoms with van der Waals surface area (Å²) in [4.78, 5) is 26.8. The fourth-order valence-corrected chi connectivity index (χ4v) is 3.54. The van der Waals surface area contributed by atoms with Gasteiger partial charge in [0.25, 0.3) is 5.91 Å². The topological polar surface area (TPSA) is 58.6 Å². The van der Waals surface area contributed by atoms with Gasteiger partial charge in [-0.25, -0.2) is 0 Å². The van der Waals surface area contributed by atoms with Crippen molar-refractivity contribution in [2.75, 3.05) is 11.4 Å². The Bertz CT molecular complexity index is 1050. The smallest absolute Gasteiger partial charge is 0.259 e. The van der Waals surface area contributed by atoms with Gasteiger partial charge in [0.15, 0.2) is 0 Å². The summed E-state index contributed by atoms with van der Waals surface area (Å²) in [6.45, 7) is 4.32. The molecule has 5 nitrogen and oxygen atoms in total. The zero-order valence-electron chi connectivity index (χ0n) is 15.9. The summed E-state index contributed by atoms with van der Waals surface area (Å²) in [5, 5.41) is 4.82. The first-order valence-electron chi connectivity index (χ1n) is 9.39. The fraction of sp³-hybridized carbons (Fsp3) is 0.217. The summed E-state index contributed by atoms with van der Waals surface area (Å²) in [5.74, 6) is 0.446. The van der Waals surface area contributed by atoms with E-state index in [9.17, 15) is 9.59 Å². The molecule has 1 aliphatic heterocycles. The molecule has 1 aliphatic rings. The van der Waals surface area contributed by atoms with Crippen molar-refractivity contribution in [3.63, 3.8) is 0 Å². The van der Waals surface area contributed by atoms with Gasteiger partial charge in [-0.15, -0.1) is 0 Å². The van der Waals surface area contributed by atoms with Crippen molar-refractivity contribution in [1.29, 1.82) is 0 Å². The summed E-state index contributed by atoms with van der Waals surface area (Å²) in [6, 6.07) is 19.1. The lowest BCUT2D eigenvalue weighted by molar-refractivity contribution is -0.119. The van der Waals surface area contributed by atoms with Crippen LogP contribution in [0.1, 0.15) is 29.8 Å². The average molecular weight is 374 g/mol. The minimum atomic E-state index is -0.201. The molecule has 0 bridgehead atoms. The highest BCUT2D eigenvalue weighted by Crippen LogP contribution is 2.36. The molecule has 1 N–H and O–H groups in total. The quantitative estimate of drug-likeness (QED) is 0.712. The second-order valence-electron chi connectivity index (χ2n) is 7.16. The molecule has 3 aromatic rings. The highest BCUT2D eigenvalue weighted by molar-refractivity contribution is 6.26. The number of carbonyl (C=O) groups is 2. The normalized spacial score (nSPS) is 12.7. The Kier molecular flexibility index (Phi) is 4.74. The summed E-state index contributed by atoms with van der Waals surface area (Å²) < 4.78 is 5.69. The van der Waals surface area contributed by atoms with E-state index in [0.717, 1.165) is 27.8 Å². The Labute approximate surface area is 163 Å². The fourth-order valence-electron chi connectivity index (χ4n) is 3.54. The van der Waals surface area contributed by atoms with Gasteiger partial charge in [0, 0.05) is 17.5 Å². The number of carbonyl (C=O) groups excluding carboxylic acids is 2. The Morgan fingerprint density at radius 3 is 2.61 bits per heavy atom. The van der Waals surface area contributed by atoms with Gasteiger partial charge in [-0.05, 0) is 49.1 Å². The molecule has 0 unspecified atom stereocenters. The maximum Gasteiger partial charge on any atom is 0.259 e. The van der Waals surface area contributed by atoms with Gasteiger partial charge in [0.1, 0.15) is 12.3 Å². The molecular weight excluding hydrogens is 352 g/mol. The van der Waals surface area contributed by atoms with E-state index in [1.807, 2.05) is 74.5 Å². The van der Waals surface area contributed by atoms with Gasteiger partial charge in [0.05, 0.1) is 11.8 Å². The van der Waals surface area contributed by atoms with E-state index in [4.69, 9.17) is 4.74 Å². The highest BCUT2D eigenvalue weighted by atomic mass is 16.5. The third-order valence-electron chi connectivity index (χ3n) is 4.71. The summed E-state index contributed by atoms with van der Waals surface area (Å²) in [6.07, 6.45) is 0.0929. The Morgan fingerprint density at radius 2 is 1.82 bits per heavy atom. The monoisotopic (exact) mass is 374 g/mol. The lowest BCUT2D eigenvalue weighted by atomic mass is 10.1. The minimum Gasteiger partial charge on any atom is -0.491 e. The molecule has 2 amide bonds. The SMILES string of the molecule is CC(C)Oc1cccc(CNC(=O)CN2C(=O)c3cccc4cccc2c34)c1. The zero-order valence-corrected chi connectivity index (χ0v) is 15.9. The summed E-state index contributed by atoms with van der Waals surface area (Å²) in [7, 11) is 0. The number of hydrogen-bond donors (Lipinski definition) is 1. The molecule has 0 atom stereocenters. The standard InChI is InChI=1S/C23H22N2O3/c1-15(2)28-18-9-3-6-16(12-18)13-24-21(26)14-25-20-11-5-8-17-7-4-10-19(22(17)20)23(25)27/h3-12,15H,13-14H2,1-2H3,(H,24,26). The van der Waals surface area contributed by atoms with Crippen LogP contribution in [0.4, 0.5) is 5.69 Å². The molecule has 0 aliphatic carbocycles. The van der Waals surface area contributed by atoms with E-state index in [0.29, 0.717) is 12.1 Å². The van der Waals surface area contributed by atoms with Crippen molar-refractivity contribution in [3.05, 3.63) is 71.8 Å². The van der Waals surface area contributed by atoms with Crippen LogP contribution in [0, 0.1) is 0 Å². The van der Waals surface area contributed by atoms with E-state index < -0.39 is 0 Å². The zero-order chi connectivity index (χ0) is 19.7. The minimum absolute atomic E-state index is 0.00515.